The van der Waals surface area contributed by atoms with Crippen molar-refractivity contribution in [2.45, 2.75) is 51.1 Å². The molecule has 0 aliphatic rings. The number of aliphatic hydroxyl groups is 1. The van der Waals surface area contributed by atoms with Crippen LogP contribution in [-0.4, -0.2) is 47.6 Å². The molecule has 0 fully saturated rings. The van der Waals surface area contributed by atoms with E-state index in [-0.39, 0.29) is 6.42 Å². The van der Waals surface area contributed by atoms with Gasteiger partial charge in [0.05, 0.1) is 6.04 Å². The highest BCUT2D eigenvalue weighted by Gasteiger charge is 2.33. The number of hydrogen-bond donors (Lipinski definition) is 3. The third-order valence-corrected chi connectivity index (χ3v) is 3.11. The number of rotatable bonds is 6. The molecule has 6 nitrogen and oxygen atoms in total. The monoisotopic (exact) mass is 376 g/mol. The quantitative estimate of drug-likeness (QED) is 0.710. The van der Waals surface area contributed by atoms with Crippen molar-refractivity contribution in [1.82, 2.24) is 10.6 Å². The fraction of sp³-hybridized carbons (Fsp3) is 0.529. The summed E-state index contributed by atoms with van der Waals surface area (Å²) in [4.78, 5) is 23.8. The second kappa shape index (κ2) is 8.88. The summed E-state index contributed by atoms with van der Waals surface area (Å²) in [5.41, 5.74) is -0.138. The number of alkyl halides is 3. The van der Waals surface area contributed by atoms with Gasteiger partial charge in [-0.25, -0.2) is 4.79 Å². The van der Waals surface area contributed by atoms with E-state index in [1.807, 2.05) is 0 Å². The molecule has 1 rings (SSSR count). The molecule has 2 unspecified atom stereocenters. The van der Waals surface area contributed by atoms with Crippen molar-refractivity contribution in [1.29, 1.82) is 0 Å². The summed E-state index contributed by atoms with van der Waals surface area (Å²) in [5.74, 6) is -1.24. The molecule has 0 aromatic heterocycles. The Morgan fingerprint density at radius 1 is 1.15 bits per heavy atom. The van der Waals surface area contributed by atoms with Gasteiger partial charge in [0.15, 0.2) is 6.10 Å². The zero-order chi connectivity index (χ0) is 20.0. The molecule has 0 aliphatic carbocycles. The predicted molar refractivity (Wildman–Crippen MR) is 88.4 cm³/mol. The van der Waals surface area contributed by atoms with Gasteiger partial charge in [-0.15, -0.1) is 0 Å². The first-order chi connectivity index (χ1) is 11.9. The van der Waals surface area contributed by atoms with Crippen LogP contribution < -0.4 is 10.6 Å². The van der Waals surface area contributed by atoms with Gasteiger partial charge in [0, 0.05) is 0 Å². The number of aliphatic hydroxyl groups excluding tert-OH is 1. The van der Waals surface area contributed by atoms with E-state index >= 15 is 0 Å². The van der Waals surface area contributed by atoms with Gasteiger partial charge in [0.25, 0.3) is 5.91 Å². The molecule has 146 valence electrons. The maximum atomic E-state index is 12.2. The average molecular weight is 376 g/mol. The number of amides is 2. The second-order valence-electron chi connectivity index (χ2n) is 6.72. The number of ether oxygens (including phenoxy) is 1. The maximum absolute atomic E-state index is 12.2. The lowest BCUT2D eigenvalue weighted by atomic mass is 10.0. The van der Waals surface area contributed by atoms with Gasteiger partial charge in [0.1, 0.15) is 12.1 Å². The van der Waals surface area contributed by atoms with Crippen LogP contribution in [0.15, 0.2) is 30.3 Å². The number of carbonyl (C=O) groups excluding carboxylic acids is 2. The van der Waals surface area contributed by atoms with E-state index in [4.69, 9.17) is 4.74 Å². The van der Waals surface area contributed by atoms with Crippen LogP contribution in [0.5, 0.6) is 0 Å². The van der Waals surface area contributed by atoms with Gasteiger partial charge in [-0.2, -0.15) is 13.2 Å². The minimum absolute atomic E-state index is 0.0285. The van der Waals surface area contributed by atoms with Crippen LogP contribution in [0.1, 0.15) is 26.3 Å². The molecule has 0 bridgehead atoms. The molecule has 9 heteroatoms. The highest BCUT2D eigenvalue weighted by atomic mass is 19.4. The normalized spacial score (nSPS) is 14.3. The first-order valence-corrected chi connectivity index (χ1v) is 7.93. The zero-order valence-corrected chi connectivity index (χ0v) is 14.8. The van der Waals surface area contributed by atoms with E-state index in [1.54, 1.807) is 56.4 Å². The summed E-state index contributed by atoms with van der Waals surface area (Å²) >= 11 is 0. The van der Waals surface area contributed by atoms with Crippen LogP contribution in [0, 0.1) is 0 Å². The molecular weight excluding hydrogens is 353 g/mol. The van der Waals surface area contributed by atoms with E-state index in [0.717, 1.165) is 0 Å². The fourth-order valence-electron chi connectivity index (χ4n) is 2.04. The third kappa shape index (κ3) is 8.70. The molecule has 0 heterocycles. The van der Waals surface area contributed by atoms with Crippen molar-refractivity contribution in [2.24, 2.45) is 0 Å². The van der Waals surface area contributed by atoms with Crippen molar-refractivity contribution >= 4 is 12.0 Å². The summed E-state index contributed by atoms with van der Waals surface area (Å²) in [6.45, 7) is 3.31. The molecular formula is C17H23F3N2O4. The first kappa shape index (κ1) is 21.8. The molecule has 1 aromatic rings. The number of hydrogen-bond acceptors (Lipinski definition) is 4. The molecule has 0 spiro atoms. The summed E-state index contributed by atoms with van der Waals surface area (Å²) in [6.07, 6.45) is -7.35. The van der Waals surface area contributed by atoms with Crippen LogP contribution in [-0.2, 0) is 16.0 Å². The Hall–Kier alpha value is -2.29. The number of carbonyl (C=O) groups is 2. The van der Waals surface area contributed by atoms with Crippen LogP contribution in [0.3, 0.4) is 0 Å². The van der Waals surface area contributed by atoms with Crippen molar-refractivity contribution in [2.75, 3.05) is 6.54 Å². The lowest BCUT2D eigenvalue weighted by Crippen LogP contribution is -2.53. The van der Waals surface area contributed by atoms with Crippen molar-refractivity contribution in [3.63, 3.8) is 0 Å². The first-order valence-electron chi connectivity index (χ1n) is 7.93. The number of alkyl carbamates (subject to hydrolysis) is 1. The topological polar surface area (TPSA) is 87.7 Å². The highest BCUT2D eigenvalue weighted by Crippen LogP contribution is 2.13. The molecule has 0 aliphatic heterocycles. The SMILES string of the molecule is CC(C)(C)OC(=O)NC(Cc1ccccc1)C(O)C(=O)NCC(F)(F)F. The molecule has 2 amide bonds. The second-order valence-corrected chi connectivity index (χ2v) is 6.72. The largest absolute Gasteiger partial charge is 0.444 e. The Labute approximate surface area is 149 Å². The highest BCUT2D eigenvalue weighted by molar-refractivity contribution is 5.82. The molecule has 2 atom stereocenters. The Bertz CT molecular complexity index is 600. The minimum atomic E-state index is -4.61. The van der Waals surface area contributed by atoms with Crippen molar-refractivity contribution in [3.05, 3.63) is 35.9 Å². The lowest BCUT2D eigenvalue weighted by Gasteiger charge is -2.26. The summed E-state index contributed by atoms with van der Waals surface area (Å²) in [5, 5.41) is 14.1. The van der Waals surface area contributed by atoms with E-state index in [1.165, 1.54) is 0 Å². The van der Waals surface area contributed by atoms with Crippen molar-refractivity contribution in [3.8, 4) is 0 Å². The number of benzene rings is 1. The Morgan fingerprint density at radius 2 is 1.73 bits per heavy atom. The van der Waals surface area contributed by atoms with Gasteiger partial charge < -0.3 is 20.5 Å². The van der Waals surface area contributed by atoms with E-state index in [2.05, 4.69) is 5.32 Å². The minimum Gasteiger partial charge on any atom is -0.444 e. The molecule has 0 saturated carbocycles. The van der Waals surface area contributed by atoms with Gasteiger partial charge in [-0.1, -0.05) is 30.3 Å². The molecule has 26 heavy (non-hydrogen) atoms. The number of halogens is 3. The maximum Gasteiger partial charge on any atom is 0.407 e. The van der Waals surface area contributed by atoms with Crippen LogP contribution in [0.2, 0.25) is 0 Å². The Morgan fingerprint density at radius 3 is 2.23 bits per heavy atom. The van der Waals surface area contributed by atoms with Gasteiger partial charge >= 0.3 is 12.3 Å². The number of nitrogens with one attached hydrogen (secondary N) is 2. The summed E-state index contributed by atoms with van der Waals surface area (Å²) in [6, 6.07) is 7.42. The molecule has 3 N–H and O–H groups in total. The van der Waals surface area contributed by atoms with Crippen LogP contribution in [0.25, 0.3) is 0 Å². The van der Waals surface area contributed by atoms with E-state index in [9.17, 15) is 27.9 Å². The summed E-state index contributed by atoms with van der Waals surface area (Å²) in [7, 11) is 0. The van der Waals surface area contributed by atoms with E-state index < -0.39 is 42.5 Å². The predicted octanol–water partition coefficient (Wildman–Crippen LogP) is 2.16. The third-order valence-electron chi connectivity index (χ3n) is 3.11. The molecule has 0 radical (unpaired) electrons. The van der Waals surface area contributed by atoms with Crippen LogP contribution >= 0.6 is 0 Å². The average Bonchev–Trinajstić information content (AvgIpc) is 2.49. The Kier molecular flexibility index (Phi) is 7.43. The Balaban J connectivity index is 2.84. The fourth-order valence-corrected chi connectivity index (χ4v) is 2.04. The molecule has 1 aromatic carbocycles. The summed E-state index contributed by atoms with van der Waals surface area (Å²) < 4.78 is 41.8. The van der Waals surface area contributed by atoms with Gasteiger partial charge in [-0.3, -0.25) is 4.79 Å². The zero-order valence-electron chi connectivity index (χ0n) is 14.8. The van der Waals surface area contributed by atoms with Gasteiger partial charge in [0.2, 0.25) is 0 Å². The standard InChI is InChI=1S/C17H23F3N2O4/c1-16(2,3)26-15(25)22-12(9-11-7-5-4-6-8-11)13(23)14(24)21-10-17(18,19)20/h4-8,12-13,23H,9-10H2,1-3H3,(H,21,24)(H,22,25). The van der Waals surface area contributed by atoms with Crippen molar-refractivity contribution < 1.29 is 32.6 Å². The smallest absolute Gasteiger partial charge is 0.407 e. The molecule has 0 saturated heterocycles. The van der Waals surface area contributed by atoms with E-state index in [0.29, 0.717) is 5.56 Å². The van der Waals surface area contributed by atoms with Gasteiger partial charge in [-0.05, 0) is 32.8 Å². The lowest BCUT2D eigenvalue weighted by molar-refractivity contribution is -0.144. The van der Waals surface area contributed by atoms with Crippen LogP contribution in [0.4, 0.5) is 18.0 Å².